The Bertz CT molecular complexity index is 702. The molecule has 2 aromatic carbocycles. The number of nitrogens with zero attached hydrogens (tertiary/aromatic N) is 1. The molecule has 0 aliphatic rings. The Hall–Kier alpha value is -2.80. The molecular formula is C17H16N2O2. The van der Waals surface area contributed by atoms with Crippen LogP contribution in [-0.4, -0.2) is 17.6 Å². The van der Waals surface area contributed by atoms with Crippen LogP contribution in [0, 0.1) is 18.3 Å². The van der Waals surface area contributed by atoms with Crippen molar-refractivity contribution in [3.05, 3.63) is 64.7 Å². The molecular weight excluding hydrogens is 264 g/mol. The number of aryl methyl sites for hydroxylation is 1. The number of carbonyl (C=O) groups is 1. The summed E-state index contributed by atoms with van der Waals surface area (Å²) in [6.07, 6.45) is 0.694. The number of hydrogen-bond donors (Lipinski definition) is 2. The van der Waals surface area contributed by atoms with E-state index in [0.29, 0.717) is 24.1 Å². The standard InChI is InChI=1S/C17H16N2O2/c1-12-5-6-15(11-18)16(9-12)19-8-7-13-3-2-4-14(10-13)17(20)21/h2-6,9-10,19H,7-8H2,1H3,(H,20,21). The second-order valence-electron chi connectivity index (χ2n) is 4.84. The van der Waals surface area contributed by atoms with Gasteiger partial charge in [-0.15, -0.1) is 0 Å². The van der Waals surface area contributed by atoms with Crippen LogP contribution in [0.25, 0.3) is 0 Å². The fraction of sp³-hybridized carbons (Fsp3) is 0.176. The highest BCUT2D eigenvalue weighted by molar-refractivity contribution is 5.87. The third-order valence-electron chi connectivity index (χ3n) is 3.20. The van der Waals surface area contributed by atoms with E-state index in [1.807, 2.05) is 25.1 Å². The van der Waals surface area contributed by atoms with Gasteiger partial charge >= 0.3 is 5.97 Å². The SMILES string of the molecule is Cc1ccc(C#N)c(NCCc2cccc(C(=O)O)c2)c1. The smallest absolute Gasteiger partial charge is 0.335 e. The van der Waals surface area contributed by atoms with Crippen LogP contribution in [0.1, 0.15) is 27.0 Å². The third-order valence-corrected chi connectivity index (χ3v) is 3.20. The first kappa shape index (κ1) is 14.6. The normalized spacial score (nSPS) is 9.90. The molecule has 0 aromatic heterocycles. The molecule has 106 valence electrons. The lowest BCUT2D eigenvalue weighted by Crippen LogP contribution is -2.07. The van der Waals surface area contributed by atoms with E-state index in [1.54, 1.807) is 24.3 Å². The van der Waals surface area contributed by atoms with Crippen molar-refractivity contribution in [2.45, 2.75) is 13.3 Å². The van der Waals surface area contributed by atoms with E-state index >= 15 is 0 Å². The van der Waals surface area contributed by atoms with Crippen LogP contribution in [0.5, 0.6) is 0 Å². The first-order chi connectivity index (χ1) is 10.1. The summed E-state index contributed by atoms with van der Waals surface area (Å²) >= 11 is 0. The number of carboxylic acid groups (broad SMARTS) is 1. The molecule has 0 unspecified atom stereocenters. The van der Waals surface area contributed by atoms with Crippen LogP contribution in [0.4, 0.5) is 5.69 Å². The van der Waals surface area contributed by atoms with Gasteiger partial charge in [0.2, 0.25) is 0 Å². The minimum atomic E-state index is -0.921. The van der Waals surface area contributed by atoms with Crippen molar-refractivity contribution in [1.82, 2.24) is 0 Å². The second kappa shape index (κ2) is 6.58. The van der Waals surface area contributed by atoms with E-state index in [9.17, 15) is 4.79 Å². The molecule has 0 amide bonds. The monoisotopic (exact) mass is 280 g/mol. The molecule has 0 fully saturated rings. The van der Waals surface area contributed by atoms with Crippen molar-refractivity contribution in [3.8, 4) is 6.07 Å². The summed E-state index contributed by atoms with van der Waals surface area (Å²) in [6, 6.07) is 14.7. The number of rotatable bonds is 5. The number of nitriles is 1. The highest BCUT2D eigenvalue weighted by Crippen LogP contribution is 2.16. The van der Waals surface area contributed by atoms with E-state index in [4.69, 9.17) is 10.4 Å². The fourth-order valence-corrected chi connectivity index (χ4v) is 2.10. The zero-order valence-electron chi connectivity index (χ0n) is 11.8. The van der Waals surface area contributed by atoms with E-state index in [-0.39, 0.29) is 0 Å². The average molecular weight is 280 g/mol. The lowest BCUT2D eigenvalue weighted by Gasteiger charge is -2.09. The molecule has 4 heteroatoms. The van der Waals surface area contributed by atoms with Crippen molar-refractivity contribution >= 4 is 11.7 Å². The van der Waals surface area contributed by atoms with Crippen molar-refractivity contribution in [2.24, 2.45) is 0 Å². The summed E-state index contributed by atoms with van der Waals surface area (Å²) in [7, 11) is 0. The Kier molecular flexibility index (Phi) is 4.57. The van der Waals surface area contributed by atoms with Gasteiger partial charge in [0.15, 0.2) is 0 Å². The molecule has 21 heavy (non-hydrogen) atoms. The summed E-state index contributed by atoms with van der Waals surface area (Å²) in [6.45, 7) is 2.61. The molecule has 0 spiro atoms. The minimum Gasteiger partial charge on any atom is -0.478 e. The fourth-order valence-electron chi connectivity index (χ4n) is 2.10. The first-order valence-electron chi connectivity index (χ1n) is 6.67. The summed E-state index contributed by atoms with van der Waals surface area (Å²) < 4.78 is 0. The van der Waals surface area contributed by atoms with Gasteiger partial charge in [-0.1, -0.05) is 18.2 Å². The molecule has 4 nitrogen and oxygen atoms in total. The zero-order valence-corrected chi connectivity index (χ0v) is 11.8. The topological polar surface area (TPSA) is 73.1 Å². The molecule has 0 radical (unpaired) electrons. The van der Waals surface area contributed by atoms with Gasteiger partial charge in [-0.2, -0.15) is 5.26 Å². The molecule has 0 aliphatic carbocycles. The van der Waals surface area contributed by atoms with E-state index < -0.39 is 5.97 Å². The number of hydrogen-bond acceptors (Lipinski definition) is 3. The van der Waals surface area contributed by atoms with Crippen LogP contribution >= 0.6 is 0 Å². The lowest BCUT2D eigenvalue weighted by molar-refractivity contribution is 0.0697. The Morgan fingerprint density at radius 2 is 2.10 bits per heavy atom. The van der Waals surface area contributed by atoms with Gasteiger partial charge in [-0.05, 0) is 48.7 Å². The van der Waals surface area contributed by atoms with Gasteiger partial charge in [-0.3, -0.25) is 0 Å². The number of anilines is 1. The Morgan fingerprint density at radius 3 is 2.81 bits per heavy atom. The van der Waals surface area contributed by atoms with Crippen LogP contribution in [0.15, 0.2) is 42.5 Å². The number of benzene rings is 2. The molecule has 2 aromatic rings. The van der Waals surface area contributed by atoms with Crippen molar-refractivity contribution in [3.63, 3.8) is 0 Å². The average Bonchev–Trinajstić information content (AvgIpc) is 2.48. The molecule has 0 bridgehead atoms. The van der Waals surface area contributed by atoms with Crippen molar-refractivity contribution < 1.29 is 9.90 Å². The number of aromatic carboxylic acids is 1. The molecule has 0 saturated carbocycles. The van der Waals surface area contributed by atoms with Gasteiger partial charge in [0.1, 0.15) is 6.07 Å². The summed E-state index contributed by atoms with van der Waals surface area (Å²) in [5, 5.41) is 21.3. The summed E-state index contributed by atoms with van der Waals surface area (Å²) in [5.74, 6) is -0.921. The summed E-state index contributed by atoms with van der Waals surface area (Å²) in [4.78, 5) is 10.9. The highest BCUT2D eigenvalue weighted by Gasteiger charge is 2.04. The van der Waals surface area contributed by atoms with Crippen LogP contribution < -0.4 is 5.32 Å². The quantitative estimate of drug-likeness (QED) is 0.882. The summed E-state index contributed by atoms with van der Waals surface area (Å²) in [5.41, 5.74) is 3.76. The minimum absolute atomic E-state index is 0.292. The Morgan fingerprint density at radius 1 is 1.29 bits per heavy atom. The molecule has 2 N–H and O–H groups in total. The predicted octanol–water partition coefficient (Wildman–Crippen LogP) is 3.22. The Labute approximate surface area is 123 Å². The largest absolute Gasteiger partial charge is 0.478 e. The van der Waals surface area contributed by atoms with Gasteiger partial charge in [0.05, 0.1) is 16.8 Å². The molecule has 0 atom stereocenters. The van der Waals surface area contributed by atoms with Gasteiger partial charge in [0.25, 0.3) is 0 Å². The van der Waals surface area contributed by atoms with Crippen molar-refractivity contribution in [2.75, 3.05) is 11.9 Å². The van der Waals surface area contributed by atoms with Crippen LogP contribution in [0.2, 0.25) is 0 Å². The third kappa shape index (κ3) is 3.83. The van der Waals surface area contributed by atoms with Crippen molar-refractivity contribution in [1.29, 1.82) is 5.26 Å². The van der Waals surface area contributed by atoms with E-state index in [0.717, 1.165) is 16.8 Å². The maximum absolute atomic E-state index is 10.9. The molecule has 0 aliphatic heterocycles. The zero-order chi connectivity index (χ0) is 15.2. The van der Waals surface area contributed by atoms with E-state index in [1.165, 1.54) is 0 Å². The number of nitrogens with one attached hydrogen (secondary N) is 1. The van der Waals surface area contributed by atoms with Crippen LogP contribution in [0.3, 0.4) is 0 Å². The van der Waals surface area contributed by atoms with Gasteiger partial charge < -0.3 is 10.4 Å². The predicted molar refractivity (Wildman–Crippen MR) is 81.5 cm³/mol. The maximum atomic E-state index is 10.9. The van der Waals surface area contributed by atoms with Gasteiger partial charge in [-0.25, -0.2) is 4.79 Å². The first-order valence-corrected chi connectivity index (χ1v) is 6.67. The molecule has 2 rings (SSSR count). The molecule has 0 saturated heterocycles. The Balaban J connectivity index is 2.02. The maximum Gasteiger partial charge on any atom is 0.335 e. The molecule has 0 heterocycles. The second-order valence-corrected chi connectivity index (χ2v) is 4.84. The lowest BCUT2D eigenvalue weighted by atomic mass is 10.1. The number of carboxylic acids is 1. The highest BCUT2D eigenvalue weighted by atomic mass is 16.4. The van der Waals surface area contributed by atoms with Gasteiger partial charge in [0, 0.05) is 6.54 Å². The van der Waals surface area contributed by atoms with E-state index in [2.05, 4.69) is 11.4 Å². The van der Waals surface area contributed by atoms with Crippen LogP contribution in [-0.2, 0) is 6.42 Å².